The van der Waals surface area contributed by atoms with Crippen LogP contribution in [0.3, 0.4) is 0 Å². The Labute approximate surface area is 163 Å². The molecule has 0 aliphatic rings. The number of carbonyl (C=O) groups excluding carboxylic acids is 1. The fourth-order valence-electron chi connectivity index (χ4n) is 1.90. The highest BCUT2D eigenvalue weighted by atomic mass is 35.5. The van der Waals surface area contributed by atoms with E-state index in [4.69, 9.17) is 27.9 Å². The molecule has 0 atom stereocenters. The highest BCUT2D eigenvalue weighted by Crippen LogP contribution is 2.31. The Morgan fingerprint density at radius 1 is 1.07 bits per heavy atom. The molecule has 0 aliphatic heterocycles. The van der Waals surface area contributed by atoms with Crippen LogP contribution in [0.4, 0.5) is 18.9 Å². The summed E-state index contributed by atoms with van der Waals surface area (Å²) in [6.07, 6.45) is -4.88. The summed E-state index contributed by atoms with van der Waals surface area (Å²) in [4.78, 5) is 12.0. The molecule has 0 fully saturated rings. The number of benzene rings is 2. The summed E-state index contributed by atoms with van der Waals surface area (Å²) in [7, 11) is -3.29. The maximum absolute atomic E-state index is 12.2. The molecule has 2 aromatic rings. The Balaban J connectivity index is 2.13. The van der Waals surface area contributed by atoms with E-state index in [2.05, 4.69) is 4.74 Å². The highest BCUT2D eigenvalue weighted by molar-refractivity contribution is 7.74. The van der Waals surface area contributed by atoms with Gasteiger partial charge >= 0.3 is 12.3 Å². The van der Waals surface area contributed by atoms with Crippen molar-refractivity contribution in [3.8, 4) is 11.5 Å². The minimum Gasteiger partial charge on any atom is -0.424 e. The predicted octanol–water partition coefficient (Wildman–Crippen LogP) is 3.83. The Kier molecular flexibility index (Phi) is 6.79. The fraction of sp³-hybridized carbons (Fsp3) is 0.133. The lowest BCUT2D eigenvalue weighted by Crippen LogP contribution is -2.31. The molecule has 2 aromatic carbocycles. The van der Waals surface area contributed by atoms with Crippen LogP contribution in [0.2, 0.25) is 10.0 Å². The second kappa shape index (κ2) is 8.68. The van der Waals surface area contributed by atoms with Crippen LogP contribution >= 0.6 is 23.2 Å². The van der Waals surface area contributed by atoms with Gasteiger partial charge in [0.15, 0.2) is 5.75 Å². The molecule has 0 saturated heterocycles. The van der Waals surface area contributed by atoms with Crippen molar-refractivity contribution in [2.24, 2.45) is 0 Å². The van der Waals surface area contributed by atoms with Crippen LogP contribution in [0.25, 0.3) is 0 Å². The number of hydrogen-bond donors (Lipinski definition) is 1. The lowest BCUT2D eigenvalue weighted by Gasteiger charge is -2.17. The van der Waals surface area contributed by atoms with Gasteiger partial charge in [-0.05, 0) is 36.4 Å². The van der Waals surface area contributed by atoms with Crippen LogP contribution in [-0.2, 0) is 15.7 Å². The number of alkyl halides is 3. The van der Waals surface area contributed by atoms with Crippen LogP contribution in [-0.4, -0.2) is 27.3 Å². The molecule has 0 unspecified atom stereocenters. The average molecular weight is 444 g/mol. The van der Waals surface area contributed by atoms with Crippen LogP contribution in [0, 0.1) is 0 Å². The zero-order valence-electron chi connectivity index (χ0n) is 13.1. The second-order valence-electron chi connectivity index (χ2n) is 4.86. The normalized spacial score (nSPS) is 11.3. The van der Waals surface area contributed by atoms with Crippen molar-refractivity contribution in [2.45, 2.75) is 6.36 Å². The van der Waals surface area contributed by atoms with E-state index in [0.29, 0.717) is 4.31 Å². The van der Waals surface area contributed by atoms with E-state index < -0.39 is 35.5 Å². The summed E-state index contributed by atoms with van der Waals surface area (Å²) in [6.45, 7) is -0.735. The first-order valence-corrected chi connectivity index (χ1v) is 8.88. The topological polar surface area (TPSA) is 72.9 Å². The van der Waals surface area contributed by atoms with Crippen molar-refractivity contribution in [3.63, 3.8) is 0 Å². The number of thiol groups is 1. The van der Waals surface area contributed by atoms with E-state index in [0.717, 1.165) is 24.3 Å². The fourth-order valence-corrected chi connectivity index (χ4v) is 2.79. The Morgan fingerprint density at radius 2 is 1.70 bits per heavy atom. The summed E-state index contributed by atoms with van der Waals surface area (Å²) in [5, 5.41) is 0.105. The van der Waals surface area contributed by atoms with Crippen molar-refractivity contribution in [1.82, 2.24) is 0 Å². The molecule has 0 bridgehead atoms. The lowest BCUT2D eigenvalue weighted by atomic mass is 10.3. The predicted molar refractivity (Wildman–Crippen MR) is 92.9 cm³/mol. The molecule has 0 aromatic heterocycles. The molecule has 0 radical (unpaired) electrons. The van der Waals surface area contributed by atoms with Crippen LogP contribution in [0.15, 0.2) is 42.5 Å². The third-order valence-electron chi connectivity index (χ3n) is 2.98. The quantitative estimate of drug-likeness (QED) is 0.417. The minimum absolute atomic E-state index is 0.0285. The van der Waals surface area contributed by atoms with Gasteiger partial charge in [-0.1, -0.05) is 29.3 Å². The van der Waals surface area contributed by atoms with Gasteiger partial charge in [0, 0.05) is 0 Å². The molecule has 0 N–H and O–H groups in total. The summed E-state index contributed by atoms with van der Waals surface area (Å²) >= 11 is 11.7. The molecule has 0 aliphatic carbocycles. The Hall–Kier alpha value is -2.17. The maximum atomic E-state index is 12.2. The van der Waals surface area contributed by atoms with Gasteiger partial charge in [-0.3, -0.25) is 4.31 Å². The Morgan fingerprint density at radius 3 is 2.26 bits per heavy atom. The molecule has 12 heteroatoms. The molecule has 0 spiro atoms. The maximum Gasteiger partial charge on any atom is 0.573 e. The SMILES string of the molecule is O=C(CN(c1ccc(OC(F)(F)F)cc1)[SH](=O)=O)Oc1cccc(Cl)c1Cl. The third kappa shape index (κ3) is 6.19. The number of hydrogen-bond acceptors (Lipinski definition) is 5. The molecule has 146 valence electrons. The van der Waals surface area contributed by atoms with E-state index in [1.807, 2.05) is 0 Å². The van der Waals surface area contributed by atoms with E-state index in [1.54, 1.807) is 0 Å². The molecule has 2 rings (SSSR count). The van der Waals surface area contributed by atoms with Crippen LogP contribution < -0.4 is 13.8 Å². The third-order valence-corrected chi connectivity index (χ3v) is 4.55. The molecule has 0 amide bonds. The average Bonchev–Trinajstić information content (AvgIpc) is 2.56. The first-order valence-electron chi connectivity index (χ1n) is 6.99. The van der Waals surface area contributed by atoms with Crippen molar-refractivity contribution >= 4 is 45.7 Å². The van der Waals surface area contributed by atoms with Crippen molar-refractivity contribution in [2.75, 3.05) is 10.8 Å². The van der Waals surface area contributed by atoms with Crippen molar-refractivity contribution in [1.29, 1.82) is 0 Å². The molecule has 0 heterocycles. The smallest absolute Gasteiger partial charge is 0.424 e. The molecular weight excluding hydrogens is 434 g/mol. The number of esters is 1. The number of halogens is 5. The number of anilines is 1. The van der Waals surface area contributed by atoms with E-state index in [-0.39, 0.29) is 21.5 Å². The number of nitrogens with zero attached hydrogens (tertiary/aromatic N) is 1. The molecular formula is C15H10Cl2F3NO5S. The largest absolute Gasteiger partial charge is 0.573 e. The van der Waals surface area contributed by atoms with Gasteiger partial charge in [-0.25, -0.2) is 13.2 Å². The summed E-state index contributed by atoms with van der Waals surface area (Å²) < 4.78 is 68.6. The first-order chi connectivity index (χ1) is 12.6. The van der Waals surface area contributed by atoms with Gasteiger partial charge in [0.1, 0.15) is 17.3 Å². The number of carbonyl (C=O) groups is 1. The van der Waals surface area contributed by atoms with Crippen LogP contribution in [0.1, 0.15) is 0 Å². The van der Waals surface area contributed by atoms with Gasteiger partial charge in [-0.15, -0.1) is 13.2 Å². The van der Waals surface area contributed by atoms with Gasteiger partial charge in [-0.2, -0.15) is 0 Å². The minimum atomic E-state index is -4.88. The van der Waals surface area contributed by atoms with Gasteiger partial charge in [0.2, 0.25) is 10.9 Å². The summed E-state index contributed by atoms with van der Waals surface area (Å²) in [5.41, 5.74) is -0.0604. The lowest BCUT2D eigenvalue weighted by molar-refractivity contribution is -0.274. The van der Waals surface area contributed by atoms with Crippen molar-refractivity contribution in [3.05, 3.63) is 52.5 Å². The number of rotatable bonds is 6. The highest BCUT2D eigenvalue weighted by Gasteiger charge is 2.31. The standard InChI is InChI=1S/C15H10Cl2F3NO5S/c16-11-2-1-3-12(14(11)17)25-13(22)8-21(27(23)24)9-4-6-10(7-5-9)26-15(18,19)20/h1-7,27H,8H2. The first kappa shape index (κ1) is 21.1. The molecule has 0 saturated carbocycles. The van der Waals surface area contributed by atoms with E-state index >= 15 is 0 Å². The second-order valence-corrected chi connectivity index (χ2v) is 6.61. The van der Waals surface area contributed by atoms with Gasteiger partial charge < -0.3 is 9.47 Å². The van der Waals surface area contributed by atoms with Crippen LogP contribution in [0.5, 0.6) is 11.5 Å². The molecule has 27 heavy (non-hydrogen) atoms. The zero-order valence-corrected chi connectivity index (χ0v) is 15.5. The van der Waals surface area contributed by atoms with Gasteiger partial charge in [0.25, 0.3) is 0 Å². The zero-order chi connectivity index (χ0) is 20.2. The monoisotopic (exact) mass is 443 g/mol. The molecule has 6 nitrogen and oxygen atoms in total. The van der Waals surface area contributed by atoms with Gasteiger partial charge in [0.05, 0.1) is 10.7 Å². The van der Waals surface area contributed by atoms with E-state index in [1.165, 1.54) is 18.2 Å². The Bertz CT molecular complexity index is 895. The van der Waals surface area contributed by atoms with E-state index in [9.17, 15) is 26.4 Å². The summed E-state index contributed by atoms with van der Waals surface area (Å²) in [6, 6.07) is 8.21. The summed E-state index contributed by atoms with van der Waals surface area (Å²) in [5.74, 6) is -1.58. The number of ether oxygens (including phenoxy) is 2. The van der Waals surface area contributed by atoms with Crippen molar-refractivity contribution < 1.29 is 35.9 Å².